The van der Waals surface area contributed by atoms with Crippen LogP contribution in [0.3, 0.4) is 0 Å². The Morgan fingerprint density at radius 2 is 1.17 bits per heavy atom. The van der Waals surface area contributed by atoms with E-state index in [1.165, 1.54) is 36.4 Å². The van der Waals surface area contributed by atoms with Crippen molar-refractivity contribution >= 4 is 31.0 Å². The Labute approximate surface area is 133 Å². The van der Waals surface area contributed by atoms with Crippen molar-refractivity contribution in [1.29, 1.82) is 0 Å². The van der Waals surface area contributed by atoms with Gasteiger partial charge in [0.25, 0.3) is 0 Å². The van der Waals surface area contributed by atoms with Crippen LogP contribution >= 0.6 is 0 Å². The van der Waals surface area contributed by atoms with Crippen LogP contribution in [-0.4, -0.2) is 18.6 Å². The minimum absolute atomic E-state index is 0.0401. The monoisotopic (exact) mass is 332 g/mol. The lowest BCUT2D eigenvalue weighted by Gasteiger charge is -2.12. The molecule has 0 saturated heterocycles. The molecule has 0 atom stereocenters. The second-order valence-electron chi connectivity index (χ2n) is 4.90. The minimum Gasteiger partial charge on any atom is -0.506 e. The topological polar surface area (TPSA) is 127 Å². The first kappa shape index (κ1) is 16.4. The van der Waals surface area contributed by atoms with Gasteiger partial charge in [-0.1, -0.05) is 13.2 Å². The van der Waals surface area contributed by atoms with Gasteiger partial charge in [-0.25, -0.2) is 8.42 Å². The maximum atomic E-state index is 12.6. The lowest BCUT2D eigenvalue weighted by Crippen LogP contribution is -2.05. The molecule has 2 aromatic rings. The molecule has 6 N–H and O–H groups in total. The van der Waals surface area contributed by atoms with Crippen molar-refractivity contribution in [3.63, 3.8) is 0 Å². The summed E-state index contributed by atoms with van der Waals surface area (Å²) in [5, 5.41) is 18.8. The van der Waals surface area contributed by atoms with Crippen LogP contribution in [0.15, 0.2) is 49.6 Å². The van der Waals surface area contributed by atoms with Crippen molar-refractivity contribution in [3.05, 3.63) is 60.7 Å². The quantitative estimate of drug-likeness (QED) is 0.503. The maximum Gasteiger partial charge on any atom is 0.206 e. The van der Waals surface area contributed by atoms with Crippen molar-refractivity contribution in [2.75, 3.05) is 11.5 Å². The highest BCUT2D eigenvalue weighted by Crippen LogP contribution is 2.34. The van der Waals surface area contributed by atoms with Gasteiger partial charge in [0.05, 0.1) is 21.2 Å². The minimum atomic E-state index is -3.97. The molecule has 0 fully saturated rings. The third-order valence-corrected chi connectivity index (χ3v) is 5.12. The van der Waals surface area contributed by atoms with E-state index < -0.39 is 9.84 Å². The number of phenolic OH excluding ortho intramolecular Hbond substituents is 2. The Kier molecular flexibility index (Phi) is 4.07. The molecule has 6 nitrogen and oxygen atoms in total. The van der Waals surface area contributed by atoms with Crippen molar-refractivity contribution in [2.24, 2.45) is 0 Å². The van der Waals surface area contributed by atoms with E-state index in [9.17, 15) is 18.6 Å². The van der Waals surface area contributed by atoms with Gasteiger partial charge < -0.3 is 21.7 Å². The number of nitrogens with two attached hydrogens (primary N) is 2. The molecule has 2 aromatic carbocycles. The van der Waals surface area contributed by atoms with Crippen LogP contribution in [0, 0.1) is 0 Å². The molecule has 0 aromatic heterocycles. The molecule has 0 radical (unpaired) electrons. The van der Waals surface area contributed by atoms with Gasteiger partial charge >= 0.3 is 0 Å². The van der Waals surface area contributed by atoms with Crippen LogP contribution in [0.2, 0.25) is 0 Å². The molecule has 0 heterocycles. The standard InChI is InChI=1S/C16H16N2O4S/c1-9(11-3-5-15(19)13(17)7-11)23(21,22)10(2)12-4-6-16(20)14(18)8-12/h3-8,19-20H,1-2,17-18H2. The summed E-state index contributed by atoms with van der Waals surface area (Å²) >= 11 is 0. The summed E-state index contributed by atoms with van der Waals surface area (Å²) in [6.07, 6.45) is 0. The predicted molar refractivity (Wildman–Crippen MR) is 92.0 cm³/mol. The number of hydrogen-bond acceptors (Lipinski definition) is 6. The predicted octanol–water partition coefficient (Wildman–Crippen LogP) is 2.32. The zero-order valence-corrected chi connectivity index (χ0v) is 13.0. The highest BCUT2D eigenvalue weighted by molar-refractivity contribution is 8.09. The molecule has 120 valence electrons. The zero-order valence-electron chi connectivity index (χ0n) is 12.2. The molecule has 0 aliphatic rings. The van der Waals surface area contributed by atoms with Crippen molar-refractivity contribution in [3.8, 4) is 11.5 Å². The first-order chi connectivity index (χ1) is 10.6. The van der Waals surface area contributed by atoms with E-state index in [-0.39, 0.29) is 43.8 Å². The van der Waals surface area contributed by atoms with Gasteiger partial charge in [-0.2, -0.15) is 0 Å². The average Bonchev–Trinajstić information content (AvgIpc) is 2.51. The Hall–Kier alpha value is -2.93. The van der Waals surface area contributed by atoms with E-state index in [1.54, 1.807) is 0 Å². The number of aromatic hydroxyl groups is 2. The van der Waals surface area contributed by atoms with E-state index in [1.807, 2.05) is 0 Å². The van der Waals surface area contributed by atoms with Gasteiger partial charge in [-0.3, -0.25) is 0 Å². The lowest BCUT2D eigenvalue weighted by molar-refractivity contribution is 0.477. The van der Waals surface area contributed by atoms with Crippen LogP contribution < -0.4 is 11.5 Å². The maximum absolute atomic E-state index is 12.6. The van der Waals surface area contributed by atoms with Crippen LogP contribution in [-0.2, 0) is 9.84 Å². The van der Waals surface area contributed by atoms with Crippen molar-refractivity contribution in [2.45, 2.75) is 0 Å². The van der Waals surface area contributed by atoms with Crippen LogP contribution in [0.1, 0.15) is 11.1 Å². The molecule has 0 amide bonds. The number of anilines is 2. The van der Waals surface area contributed by atoms with Crippen LogP contribution in [0.5, 0.6) is 11.5 Å². The number of hydrogen-bond donors (Lipinski definition) is 4. The molecule has 2 rings (SSSR count). The molecular formula is C16H16N2O4S. The summed E-state index contributed by atoms with van der Waals surface area (Å²) in [6, 6.07) is 7.98. The average molecular weight is 332 g/mol. The molecule has 0 saturated carbocycles. The third-order valence-electron chi connectivity index (χ3n) is 3.35. The van der Waals surface area contributed by atoms with Gasteiger partial charge in [0, 0.05) is 0 Å². The molecule has 0 bridgehead atoms. The van der Waals surface area contributed by atoms with Gasteiger partial charge in [0.1, 0.15) is 11.5 Å². The lowest BCUT2D eigenvalue weighted by atomic mass is 10.2. The van der Waals surface area contributed by atoms with Gasteiger partial charge in [0.2, 0.25) is 9.84 Å². The summed E-state index contributed by atoms with van der Waals surface area (Å²) in [7, 11) is -3.97. The second kappa shape index (κ2) is 5.69. The fourth-order valence-electron chi connectivity index (χ4n) is 1.91. The summed E-state index contributed by atoms with van der Waals surface area (Å²) in [5.41, 5.74) is 11.7. The van der Waals surface area contributed by atoms with Gasteiger partial charge in [0.15, 0.2) is 0 Å². The van der Waals surface area contributed by atoms with Crippen LogP contribution in [0.25, 0.3) is 9.81 Å². The largest absolute Gasteiger partial charge is 0.506 e. The summed E-state index contributed by atoms with van der Waals surface area (Å²) in [5.74, 6) is -0.298. The summed E-state index contributed by atoms with van der Waals surface area (Å²) in [4.78, 5) is -0.415. The third kappa shape index (κ3) is 3.00. The molecule has 23 heavy (non-hydrogen) atoms. The fourth-order valence-corrected chi connectivity index (χ4v) is 3.09. The number of phenols is 2. The smallest absolute Gasteiger partial charge is 0.206 e. The van der Waals surface area contributed by atoms with Crippen LogP contribution in [0.4, 0.5) is 11.4 Å². The van der Waals surface area contributed by atoms with E-state index in [0.29, 0.717) is 0 Å². The molecule has 0 spiro atoms. The molecular weight excluding hydrogens is 316 g/mol. The Balaban J connectivity index is 2.43. The molecule has 0 unspecified atom stereocenters. The zero-order chi connectivity index (χ0) is 17.4. The van der Waals surface area contributed by atoms with E-state index in [0.717, 1.165) is 0 Å². The highest BCUT2D eigenvalue weighted by Gasteiger charge is 2.23. The summed E-state index contributed by atoms with van der Waals surface area (Å²) in [6.45, 7) is 7.17. The normalized spacial score (nSPS) is 11.1. The Morgan fingerprint density at radius 1 is 0.826 bits per heavy atom. The van der Waals surface area contributed by atoms with Gasteiger partial charge in [-0.15, -0.1) is 0 Å². The second-order valence-corrected chi connectivity index (χ2v) is 6.89. The van der Waals surface area contributed by atoms with E-state index in [4.69, 9.17) is 11.5 Å². The number of rotatable bonds is 4. The van der Waals surface area contributed by atoms with Gasteiger partial charge in [-0.05, 0) is 47.5 Å². The van der Waals surface area contributed by atoms with Crippen molar-refractivity contribution in [1.82, 2.24) is 0 Å². The highest BCUT2D eigenvalue weighted by atomic mass is 32.2. The van der Waals surface area contributed by atoms with E-state index >= 15 is 0 Å². The first-order valence-corrected chi connectivity index (χ1v) is 7.93. The fraction of sp³-hybridized carbons (Fsp3) is 0. The molecule has 0 aliphatic carbocycles. The molecule has 7 heteroatoms. The summed E-state index contributed by atoms with van der Waals surface area (Å²) < 4.78 is 25.2. The number of sulfone groups is 1. The Bertz CT molecular complexity index is 848. The number of nitrogen functional groups attached to an aromatic ring is 2. The molecule has 0 aliphatic heterocycles. The Morgan fingerprint density at radius 3 is 1.48 bits per heavy atom. The van der Waals surface area contributed by atoms with E-state index in [2.05, 4.69) is 13.2 Å². The van der Waals surface area contributed by atoms with Crippen molar-refractivity contribution < 1.29 is 18.6 Å². The number of benzene rings is 2. The SMILES string of the molecule is C=C(c1ccc(O)c(N)c1)S(=O)(=O)C(=C)c1ccc(O)c(N)c1. The first-order valence-electron chi connectivity index (χ1n) is 6.45.